The van der Waals surface area contributed by atoms with Crippen LogP contribution in [0.4, 0.5) is 10.1 Å². The highest BCUT2D eigenvalue weighted by Crippen LogP contribution is 2.26. The number of halogens is 3. The summed E-state index contributed by atoms with van der Waals surface area (Å²) in [7, 11) is -1.70. The smallest absolute Gasteiger partial charge is 0.304 e. The largest absolute Gasteiger partial charge is 0.354 e. The SMILES string of the molecule is CC[C@H](C(=O)NCC(C)C)N(Cc1ccc(Cl)cc1Cl)C(=O)CN(c1ccccc1F)S(=O)(=O)N(C)C. The standard InChI is InChI=1S/C25H33Cl2FN4O4S/c1-6-22(25(34)29-14-17(2)3)31(15-18-11-12-19(26)13-20(18)27)24(33)16-32(37(35,36)30(4)5)23-10-8-7-9-21(23)28/h7-13,17,22H,6,14-16H2,1-5H3,(H,29,34)/t22-/m1/s1. The van der Waals surface area contributed by atoms with Gasteiger partial charge in [0, 0.05) is 37.2 Å². The third-order valence-corrected chi connectivity index (χ3v) is 7.96. The first kappa shape index (κ1) is 30.8. The summed E-state index contributed by atoms with van der Waals surface area (Å²) in [6.45, 7) is 5.20. The molecule has 0 radical (unpaired) electrons. The van der Waals surface area contributed by atoms with E-state index in [1.54, 1.807) is 19.1 Å². The molecule has 1 N–H and O–H groups in total. The minimum atomic E-state index is -4.27. The van der Waals surface area contributed by atoms with Crippen LogP contribution in [0, 0.1) is 11.7 Å². The number of carbonyl (C=O) groups is 2. The van der Waals surface area contributed by atoms with Crippen LogP contribution in [0.3, 0.4) is 0 Å². The summed E-state index contributed by atoms with van der Waals surface area (Å²) in [5.41, 5.74) is 0.230. The van der Waals surface area contributed by atoms with Crippen LogP contribution >= 0.6 is 23.2 Å². The van der Waals surface area contributed by atoms with E-state index in [9.17, 15) is 22.4 Å². The minimum Gasteiger partial charge on any atom is -0.354 e. The second kappa shape index (κ2) is 13.4. The van der Waals surface area contributed by atoms with Gasteiger partial charge in [0.15, 0.2) is 0 Å². The molecule has 204 valence electrons. The Morgan fingerprint density at radius 1 is 1.08 bits per heavy atom. The molecule has 0 bridgehead atoms. The molecule has 0 aliphatic heterocycles. The van der Waals surface area contributed by atoms with Crippen LogP contribution in [0.25, 0.3) is 0 Å². The molecule has 0 unspecified atom stereocenters. The highest BCUT2D eigenvalue weighted by Gasteiger charge is 2.35. The van der Waals surface area contributed by atoms with E-state index < -0.39 is 34.5 Å². The lowest BCUT2D eigenvalue weighted by molar-refractivity contribution is -0.140. The number of rotatable bonds is 12. The van der Waals surface area contributed by atoms with Crippen molar-refractivity contribution in [3.05, 3.63) is 63.9 Å². The number of para-hydroxylation sites is 1. The summed E-state index contributed by atoms with van der Waals surface area (Å²) < 4.78 is 42.6. The van der Waals surface area contributed by atoms with Gasteiger partial charge in [-0.2, -0.15) is 12.7 Å². The van der Waals surface area contributed by atoms with Crippen molar-refractivity contribution >= 4 is 50.9 Å². The minimum absolute atomic E-state index is 0.0877. The van der Waals surface area contributed by atoms with Crippen LogP contribution < -0.4 is 9.62 Å². The van der Waals surface area contributed by atoms with Gasteiger partial charge in [0.05, 0.1) is 5.69 Å². The number of amides is 2. The summed E-state index contributed by atoms with van der Waals surface area (Å²) in [6, 6.07) is 9.10. The lowest BCUT2D eigenvalue weighted by Gasteiger charge is -2.34. The molecule has 1 atom stereocenters. The van der Waals surface area contributed by atoms with Gasteiger partial charge in [-0.3, -0.25) is 9.59 Å². The monoisotopic (exact) mass is 574 g/mol. The van der Waals surface area contributed by atoms with E-state index >= 15 is 0 Å². The van der Waals surface area contributed by atoms with Crippen molar-refractivity contribution < 1.29 is 22.4 Å². The second-order valence-electron chi connectivity index (χ2n) is 9.07. The number of nitrogens with one attached hydrogen (secondary N) is 1. The van der Waals surface area contributed by atoms with Gasteiger partial charge in [0.25, 0.3) is 0 Å². The summed E-state index contributed by atoms with van der Waals surface area (Å²) in [6.07, 6.45) is 0.251. The van der Waals surface area contributed by atoms with E-state index in [0.717, 1.165) is 10.4 Å². The maximum absolute atomic E-state index is 14.7. The number of hydrogen-bond acceptors (Lipinski definition) is 4. The van der Waals surface area contributed by atoms with Gasteiger partial charge in [-0.25, -0.2) is 8.70 Å². The van der Waals surface area contributed by atoms with Crippen molar-refractivity contribution in [2.75, 3.05) is 31.5 Å². The summed E-state index contributed by atoms with van der Waals surface area (Å²) in [5.74, 6) is -1.72. The molecule has 12 heteroatoms. The van der Waals surface area contributed by atoms with Crippen LogP contribution in [-0.2, 0) is 26.3 Å². The van der Waals surface area contributed by atoms with Gasteiger partial charge in [0.2, 0.25) is 11.8 Å². The van der Waals surface area contributed by atoms with Crippen molar-refractivity contribution in [1.82, 2.24) is 14.5 Å². The molecular formula is C25H33Cl2FN4O4S. The van der Waals surface area contributed by atoms with Crippen LogP contribution in [0.2, 0.25) is 10.0 Å². The van der Waals surface area contributed by atoms with E-state index in [1.165, 1.54) is 43.3 Å². The molecule has 2 aromatic rings. The zero-order chi connectivity index (χ0) is 27.9. The van der Waals surface area contributed by atoms with Crippen LogP contribution in [0.15, 0.2) is 42.5 Å². The van der Waals surface area contributed by atoms with Gasteiger partial charge in [-0.1, -0.05) is 62.2 Å². The number of carbonyl (C=O) groups excluding carboxylic acids is 2. The maximum Gasteiger partial charge on any atom is 0.304 e. The second-order valence-corrected chi connectivity index (χ2v) is 12.0. The van der Waals surface area contributed by atoms with Crippen LogP contribution in [-0.4, -0.2) is 62.7 Å². The van der Waals surface area contributed by atoms with Crippen LogP contribution in [0.5, 0.6) is 0 Å². The first-order chi connectivity index (χ1) is 17.3. The Morgan fingerprint density at radius 2 is 1.73 bits per heavy atom. The first-order valence-electron chi connectivity index (χ1n) is 11.7. The summed E-state index contributed by atoms with van der Waals surface area (Å²) in [4.78, 5) is 28.1. The Hall–Kier alpha value is -2.40. The Bertz CT molecular complexity index is 1210. The van der Waals surface area contributed by atoms with Crippen LogP contribution in [0.1, 0.15) is 32.8 Å². The van der Waals surface area contributed by atoms with Crippen molar-refractivity contribution in [3.8, 4) is 0 Å². The average molecular weight is 576 g/mol. The first-order valence-corrected chi connectivity index (χ1v) is 13.9. The molecule has 0 aliphatic rings. The predicted octanol–water partition coefficient (Wildman–Crippen LogP) is 4.32. The number of hydrogen-bond donors (Lipinski definition) is 1. The normalized spacial score (nSPS) is 12.5. The van der Waals surface area contributed by atoms with E-state index in [4.69, 9.17) is 23.2 Å². The number of anilines is 1. The van der Waals surface area contributed by atoms with E-state index in [1.807, 2.05) is 13.8 Å². The number of benzene rings is 2. The van der Waals surface area contributed by atoms with Gasteiger partial charge >= 0.3 is 10.2 Å². The van der Waals surface area contributed by atoms with Gasteiger partial charge < -0.3 is 10.2 Å². The maximum atomic E-state index is 14.7. The summed E-state index contributed by atoms with van der Waals surface area (Å²) in [5, 5.41) is 3.52. The molecule has 0 saturated carbocycles. The number of nitrogens with zero attached hydrogens (tertiary/aromatic N) is 3. The van der Waals surface area contributed by atoms with Gasteiger partial charge in [-0.15, -0.1) is 0 Å². The molecule has 0 heterocycles. The third kappa shape index (κ3) is 8.04. The zero-order valence-electron chi connectivity index (χ0n) is 21.5. The van der Waals surface area contributed by atoms with E-state index in [2.05, 4.69) is 5.32 Å². The Balaban J connectivity index is 2.54. The fourth-order valence-corrected chi connectivity index (χ4v) is 5.06. The molecule has 8 nitrogen and oxygen atoms in total. The van der Waals surface area contributed by atoms with Crippen molar-refractivity contribution in [1.29, 1.82) is 0 Å². The molecule has 0 spiro atoms. The van der Waals surface area contributed by atoms with Gasteiger partial charge in [0.1, 0.15) is 18.4 Å². The Kier molecular flexibility index (Phi) is 11.2. The molecule has 2 amide bonds. The Morgan fingerprint density at radius 3 is 2.27 bits per heavy atom. The topological polar surface area (TPSA) is 90.0 Å². The molecule has 0 fully saturated rings. The molecule has 0 aliphatic carbocycles. The lowest BCUT2D eigenvalue weighted by Crippen LogP contribution is -2.53. The average Bonchev–Trinajstić information content (AvgIpc) is 2.82. The summed E-state index contributed by atoms with van der Waals surface area (Å²) >= 11 is 12.4. The van der Waals surface area contributed by atoms with Gasteiger partial charge in [-0.05, 0) is 42.2 Å². The highest BCUT2D eigenvalue weighted by atomic mass is 35.5. The third-order valence-electron chi connectivity index (χ3n) is 5.57. The van der Waals surface area contributed by atoms with E-state index in [0.29, 0.717) is 21.4 Å². The Labute approximate surface area is 228 Å². The molecule has 2 aromatic carbocycles. The van der Waals surface area contributed by atoms with Crippen molar-refractivity contribution in [3.63, 3.8) is 0 Å². The van der Waals surface area contributed by atoms with Crippen molar-refractivity contribution in [2.24, 2.45) is 5.92 Å². The van der Waals surface area contributed by atoms with Crippen molar-refractivity contribution in [2.45, 2.75) is 39.8 Å². The molecule has 2 rings (SSSR count). The predicted molar refractivity (Wildman–Crippen MR) is 145 cm³/mol. The molecule has 37 heavy (non-hydrogen) atoms. The molecule has 0 aromatic heterocycles. The zero-order valence-corrected chi connectivity index (χ0v) is 23.9. The molecular weight excluding hydrogens is 542 g/mol. The fourth-order valence-electron chi connectivity index (χ4n) is 3.53. The highest BCUT2D eigenvalue weighted by molar-refractivity contribution is 7.90. The lowest BCUT2D eigenvalue weighted by atomic mass is 10.1. The van der Waals surface area contributed by atoms with E-state index in [-0.39, 0.29) is 35.5 Å². The molecule has 0 saturated heterocycles. The quantitative estimate of drug-likeness (QED) is 0.408. The fraction of sp³-hybridized carbons (Fsp3) is 0.440.